The predicted molar refractivity (Wildman–Crippen MR) is 109 cm³/mol. The van der Waals surface area contributed by atoms with E-state index in [9.17, 15) is 4.79 Å². The number of carbonyl (C=O) groups is 1. The van der Waals surface area contributed by atoms with Gasteiger partial charge in [0.15, 0.2) is 11.8 Å². The van der Waals surface area contributed by atoms with Crippen LogP contribution in [-0.4, -0.2) is 70.4 Å². The standard InChI is InChI=1S/C19H35N7O2/c1-6-28-11-7-9-20-19(21-12-17-24-23-15(4)25(17)5)22-16-8-10-26(13-16)18(27)14(2)3/h14,16H,6-13H2,1-5H3,(H2,20,21,22). The lowest BCUT2D eigenvalue weighted by atomic mass is 10.2. The highest BCUT2D eigenvalue weighted by Crippen LogP contribution is 2.12. The van der Waals surface area contributed by atoms with Crippen LogP contribution in [-0.2, 0) is 23.1 Å². The number of hydrogen-bond acceptors (Lipinski definition) is 5. The maximum atomic E-state index is 12.2. The van der Waals surface area contributed by atoms with Crippen LogP contribution in [0.25, 0.3) is 0 Å². The van der Waals surface area contributed by atoms with E-state index < -0.39 is 0 Å². The maximum Gasteiger partial charge on any atom is 0.225 e. The molecule has 9 nitrogen and oxygen atoms in total. The topological polar surface area (TPSA) is 96.7 Å². The first kappa shape index (κ1) is 22.1. The second kappa shape index (κ2) is 11.0. The smallest absolute Gasteiger partial charge is 0.225 e. The Bertz CT molecular complexity index is 657. The highest BCUT2D eigenvalue weighted by atomic mass is 16.5. The summed E-state index contributed by atoms with van der Waals surface area (Å²) in [6, 6.07) is 0.196. The van der Waals surface area contributed by atoms with Crippen LogP contribution in [0.3, 0.4) is 0 Å². The van der Waals surface area contributed by atoms with Gasteiger partial charge in [-0.1, -0.05) is 13.8 Å². The van der Waals surface area contributed by atoms with Crippen LogP contribution in [0.5, 0.6) is 0 Å². The van der Waals surface area contributed by atoms with Crippen LogP contribution >= 0.6 is 0 Å². The molecule has 1 aromatic heterocycles. The van der Waals surface area contributed by atoms with Gasteiger partial charge in [-0.3, -0.25) is 4.79 Å². The Labute approximate surface area is 167 Å². The quantitative estimate of drug-likeness (QED) is 0.367. The molecule has 1 aromatic rings. The van der Waals surface area contributed by atoms with E-state index in [1.807, 2.05) is 44.2 Å². The molecule has 0 aliphatic carbocycles. The number of nitrogens with one attached hydrogen (secondary N) is 2. The van der Waals surface area contributed by atoms with E-state index in [0.29, 0.717) is 13.1 Å². The third-order valence-electron chi connectivity index (χ3n) is 4.86. The minimum absolute atomic E-state index is 0.0303. The molecule has 1 saturated heterocycles. The Morgan fingerprint density at radius 3 is 2.82 bits per heavy atom. The van der Waals surface area contributed by atoms with Crippen LogP contribution in [0.4, 0.5) is 0 Å². The Hall–Kier alpha value is -2.16. The summed E-state index contributed by atoms with van der Waals surface area (Å²) >= 11 is 0. The molecule has 1 amide bonds. The number of guanidine groups is 1. The first-order chi connectivity index (χ1) is 13.4. The lowest BCUT2D eigenvalue weighted by Crippen LogP contribution is -2.45. The van der Waals surface area contributed by atoms with E-state index in [2.05, 4.69) is 25.8 Å². The average molecular weight is 394 g/mol. The number of aromatic nitrogens is 3. The number of nitrogens with zero attached hydrogens (tertiary/aromatic N) is 5. The zero-order chi connectivity index (χ0) is 20.5. The van der Waals surface area contributed by atoms with Crippen LogP contribution < -0.4 is 10.6 Å². The molecule has 0 saturated carbocycles. The normalized spacial score (nSPS) is 17.4. The molecule has 1 unspecified atom stereocenters. The second-order valence-corrected chi connectivity index (χ2v) is 7.43. The van der Waals surface area contributed by atoms with E-state index >= 15 is 0 Å². The number of aryl methyl sites for hydroxylation is 1. The van der Waals surface area contributed by atoms with E-state index in [1.54, 1.807) is 0 Å². The third kappa shape index (κ3) is 6.47. The van der Waals surface area contributed by atoms with Gasteiger partial charge < -0.3 is 24.8 Å². The molecule has 2 rings (SSSR count). The van der Waals surface area contributed by atoms with Crippen LogP contribution in [0.2, 0.25) is 0 Å². The van der Waals surface area contributed by atoms with E-state index in [0.717, 1.165) is 56.8 Å². The summed E-state index contributed by atoms with van der Waals surface area (Å²) in [5.41, 5.74) is 0. The minimum Gasteiger partial charge on any atom is -0.382 e. The summed E-state index contributed by atoms with van der Waals surface area (Å²) in [6.45, 7) is 12.0. The lowest BCUT2D eigenvalue weighted by molar-refractivity contribution is -0.133. The molecule has 158 valence electrons. The number of likely N-dealkylation sites (tertiary alicyclic amines) is 1. The highest BCUT2D eigenvalue weighted by Gasteiger charge is 2.28. The fourth-order valence-corrected chi connectivity index (χ4v) is 3.05. The van der Waals surface area contributed by atoms with Gasteiger partial charge in [-0.2, -0.15) is 0 Å². The molecule has 0 radical (unpaired) electrons. The number of rotatable bonds is 9. The molecule has 0 spiro atoms. The Morgan fingerprint density at radius 1 is 1.39 bits per heavy atom. The van der Waals surface area contributed by atoms with Crippen LogP contribution in [0, 0.1) is 12.8 Å². The van der Waals surface area contributed by atoms with E-state index in [4.69, 9.17) is 4.74 Å². The number of ether oxygens (including phenoxy) is 1. The number of carbonyl (C=O) groups excluding carboxylic acids is 1. The molecule has 0 aromatic carbocycles. The Balaban J connectivity index is 1.94. The van der Waals surface area contributed by atoms with Crippen molar-refractivity contribution < 1.29 is 9.53 Å². The minimum atomic E-state index is 0.0303. The maximum absolute atomic E-state index is 12.2. The molecule has 0 bridgehead atoms. The summed E-state index contributed by atoms with van der Waals surface area (Å²) in [5.74, 6) is 2.66. The summed E-state index contributed by atoms with van der Waals surface area (Å²) in [4.78, 5) is 18.8. The van der Waals surface area contributed by atoms with Gasteiger partial charge in [0.1, 0.15) is 12.4 Å². The van der Waals surface area contributed by atoms with Crippen molar-refractivity contribution in [3.63, 3.8) is 0 Å². The van der Waals surface area contributed by atoms with Gasteiger partial charge in [0.05, 0.1) is 0 Å². The van der Waals surface area contributed by atoms with Crippen LogP contribution in [0.15, 0.2) is 4.99 Å². The zero-order valence-electron chi connectivity index (χ0n) is 17.9. The summed E-state index contributed by atoms with van der Waals surface area (Å²) in [6.07, 6.45) is 1.82. The highest BCUT2D eigenvalue weighted by molar-refractivity contribution is 5.81. The molecule has 1 aliphatic rings. The summed E-state index contributed by atoms with van der Waals surface area (Å²) in [7, 11) is 1.94. The van der Waals surface area contributed by atoms with E-state index in [-0.39, 0.29) is 17.9 Å². The van der Waals surface area contributed by atoms with Crippen molar-refractivity contribution in [2.24, 2.45) is 18.0 Å². The molecule has 28 heavy (non-hydrogen) atoms. The second-order valence-electron chi connectivity index (χ2n) is 7.43. The molecule has 2 N–H and O–H groups in total. The van der Waals surface area contributed by atoms with Crippen molar-refractivity contribution in [1.29, 1.82) is 0 Å². The largest absolute Gasteiger partial charge is 0.382 e. The third-order valence-corrected chi connectivity index (χ3v) is 4.86. The lowest BCUT2D eigenvalue weighted by Gasteiger charge is -2.20. The molecular formula is C19H35N7O2. The summed E-state index contributed by atoms with van der Waals surface area (Å²) in [5, 5.41) is 15.1. The monoisotopic (exact) mass is 393 g/mol. The van der Waals surface area contributed by atoms with Crippen molar-refractivity contribution in [2.75, 3.05) is 32.8 Å². The molecule has 9 heteroatoms. The molecular weight excluding hydrogens is 358 g/mol. The van der Waals surface area contributed by atoms with Gasteiger partial charge in [-0.05, 0) is 26.7 Å². The molecule has 2 heterocycles. The number of amides is 1. The van der Waals surface area contributed by atoms with Crippen molar-refractivity contribution in [2.45, 2.75) is 53.1 Å². The predicted octanol–water partition coefficient (Wildman–Crippen LogP) is 0.842. The molecule has 1 fully saturated rings. The van der Waals surface area contributed by atoms with Crippen molar-refractivity contribution >= 4 is 11.9 Å². The van der Waals surface area contributed by atoms with Crippen molar-refractivity contribution in [3.05, 3.63) is 11.6 Å². The molecule has 1 atom stereocenters. The van der Waals surface area contributed by atoms with Gasteiger partial charge in [-0.15, -0.1) is 10.2 Å². The van der Waals surface area contributed by atoms with Gasteiger partial charge >= 0.3 is 0 Å². The van der Waals surface area contributed by atoms with E-state index in [1.165, 1.54) is 0 Å². The van der Waals surface area contributed by atoms with Gasteiger partial charge in [0.2, 0.25) is 5.91 Å². The fraction of sp³-hybridized carbons (Fsp3) is 0.789. The van der Waals surface area contributed by atoms with Crippen LogP contribution in [0.1, 0.15) is 45.3 Å². The fourth-order valence-electron chi connectivity index (χ4n) is 3.05. The van der Waals surface area contributed by atoms with Gasteiger partial charge in [0.25, 0.3) is 0 Å². The summed E-state index contributed by atoms with van der Waals surface area (Å²) < 4.78 is 7.33. The number of aliphatic imine (C=N–C) groups is 1. The first-order valence-corrected chi connectivity index (χ1v) is 10.2. The average Bonchev–Trinajstić information content (AvgIpc) is 3.26. The Kier molecular flexibility index (Phi) is 8.69. The molecule has 1 aliphatic heterocycles. The Morgan fingerprint density at radius 2 is 2.18 bits per heavy atom. The van der Waals surface area contributed by atoms with Crippen molar-refractivity contribution in [1.82, 2.24) is 30.3 Å². The first-order valence-electron chi connectivity index (χ1n) is 10.2. The van der Waals surface area contributed by atoms with Crippen molar-refractivity contribution in [3.8, 4) is 0 Å². The number of hydrogen-bond donors (Lipinski definition) is 2. The van der Waals surface area contributed by atoms with Gasteiger partial charge in [0, 0.05) is 51.9 Å². The SMILES string of the molecule is CCOCCCNC(=NCc1nnc(C)n1C)NC1CCN(C(=O)C(C)C)C1. The zero-order valence-corrected chi connectivity index (χ0v) is 17.9. The van der Waals surface area contributed by atoms with Gasteiger partial charge in [-0.25, -0.2) is 4.99 Å².